The minimum atomic E-state index is -1.33. The Morgan fingerprint density at radius 1 is 1.08 bits per heavy atom. The fourth-order valence-corrected chi connectivity index (χ4v) is 1.55. The van der Waals surface area contributed by atoms with Gasteiger partial charge in [0.25, 0.3) is 0 Å². The van der Waals surface area contributed by atoms with Crippen LogP contribution >= 0.6 is 0 Å². The summed E-state index contributed by atoms with van der Waals surface area (Å²) in [5, 5.41) is 22.6. The zero-order chi connectivity index (χ0) is 18.3. The Bertz CT molecular complexity index is 665. The highest BCUT2D eigenvalue weighted by molar-refractivity contribution is 5.98. The average Bonchev–Trinajstić information content (AvgIpc) is 2.50. The second kappa shape index (κ2) is 8.32. The Morgan fingerprint density at radius 2 is 1.62 bits per heavy atom. The highest BCUT2D eigenvalue weighted by Gasteiger charge is 2.13. The Labute approximate surface area is 136 Å². The lowest BCUT2D eigenvalue weighted by Crippen LogP contribution is -2.32. The number of rotatable bonds is 7. The predicted octanol–water partition coefficient (Wildman–Crippen LogP) is 1.32. The van der Waals surface area contributed by atoms with Gasteiger partial charge in [-0.15, -0.1) is 0 Å². The van der Waals surface area contributed by atoms with Gasteiger partial charge >= 0.3 is 23.9 Å². The number of carboxylic acid groups (broad SMARTS) is 2. The van der Waals surface area contributed by atoms with Crippen molar-refractivity contribution < 1.29 is 34.1 Å². The number of esters is 1. The molecule has 0 atom stereocenters. The van der Waals surface area contributed by atoms with Crippen molar-refractivity contribution in [2.45, 2.75) is 6.92 Å². The van der Waals surface area contributed by atoms with Crippen molar-refractivity contribution in [1.82, 2.24) is 5.32 Å². The van der Waals surface area contributed by atoms with Gasteiger partial charge in [-0.05, 0) is 25.1 Å². The van der Waals surface area contributed by atoms with Gasteiger partial charge in [0.2, 0.25) is 0 Å². The van der Waals surface area contributed by atoms with Crippen molar-refractivity contribution in [2.24, 2.45) is 0 Å². The van der Waals surface area contributed by atoms with Gasteiger partial charge in [0.15, 0.2) is 0 Å². The van der Waals surface area contributed by atoms with Crippen LogP contribution in [0.2, 0.25) is 0 Å². The van der Waals surface area contributed by atoms with Crippen molar-refractivity contribution in [1.29, 1.82) is 0 Å². The topological polar surface area (TPSA) is 142 Å². The number of carboxylic acids is 2. The molecule has 2 amide bonds. The lowest BCUT2D eigenvalue weighted by molar-refractivity contribution is -0.138. The zero-order valence-electron chi connectivity index (χ0n) is 12.8. The predicted molar refractivity (Wildman–Crippen MR) is 83.2 cm³/mol. The molecule has 128 valence electrons. The molecule has 0 aliphatic carbocycles. The molecule has 4 N–H and O–H groups in total. The number of anilines is 1. The van der Waals surface area contributed by atoms with Gasteiger partial charge in [0.05, 0.1) is 17.7 Å². The third-order valence-electron chi connectivity index (χ3n) is 2.65. The molecule has 0 unspecified atom stereocenters. The van der Waals surface area contributed by atoms with Gasteiger partial charge in [0, 0.05) is 11.3 Å². The molecule has 0 aromatic heterocycles. The molecule has 24 heavy (non-hydrogen) atoms. The van der Waals surface area contributed by atoms with E-state index in [0.717, 1.165) is 18.2 Å². The number of urea groups is 1. The fraction of sp³-hybridized carbons (Fsp3) is 0.200. The summed E-state index contributed by atoms with van der Waals surface area (Å²) in [5.41, 5.74) is -0.323. The first-order chi connectivity index (χ1) is 11.2. The number of amides is 2. The molecule has 9 heteroatoms. The molecule has 0 heterocycles. The van der Waals surface area contributed by atoms with E-state index in [9.17, 15) is 19.2 Å². The smallest absolute Gasteiger partial charge is 0.335 e. The number of hydrogen-bond donors (Lipinski definition) is 4. The number of nitrogens with one attached hydrogen (secondary N) is 2. The van der Waals surface area contributed by atoms with Crippen LogP contribution in [0.1, 0.15) is 27.6 Å². The molecule has 0 spiro atoms. The number of carbonyl (C=O) groups is 4. The number of ether oxygens (including phenoxy) is 1. The first-order valence-electron chi connectivity index (χ1n) is 6.70. The van der Waals surface area contributed by atoms with Crippen molar-refractivity contribution in [3.8, 4) is 0 Å². The van der Waals surface area contributed by atoms with Crippen LogP contribution in [0.5, 0.6) is 0 Å². The average molecular weight is 336 g/mol. The SMILES string of the molecule is C=C(C)C(=O)OCCNC(=O)Nc1cc(C(=O)O)cc(C(=O)O)c1. The molecule has 0 fully saturated rings. The Morgan fingerprint density at radius 3 is 2.08 bits per heavy atom. The van der Waals surface area contributed by atoms with Crippen LogP contribution in [0.4, 0.5) is 10.5 Å². The van der Waals surface area contributed by atoms with Crippen molar-refractivity contribution in [3.05, 3.63) is 41.5 Å². The van der Waals surface area contributed by atoms with E-state index in [-0.39, 0.29) is 35.5 Å². The summed E-state index contributed by atoms with van der Waals surface area (Å²) in [6.07, 6.45) is 0. The van der Waals surface area contributed by atoms with Gasteiger partial charge in [-0.3, -0.25) is 0 Å². The van der Waals surface area contributed by atoms with Gasteiger partial charge in [-0.25, -0.2) is 19.2 Å². The summed E-state index contributed by atoms with van der Waals surface area (Å²) >= 11 is 0. The third kappa shape index (κ3) is 5.79. The molecule has 0 aliphatic heterocycles. The molecular formula is C15H16N2O7. The summed E-state index contributed by atoms with van der Waals surface area (Å²) in [4.78, 5) is 44.7. The van der Waals surface area contributed by atoms with E-state index in [4.69, 9.17) is 14.9 Å². The minimum absolute atomic E-state index is 0.00345. The Hall–Kier alpha value is -3.36. The van der Waals surface area contributed by atoms with Crippen molar-refractivity contribution in [2.75, 3.05) is 18.5 Å². The highest BCUT2D eigenvalue weighted by Crippen LogP contribution is 2.15. The van der Waals surface area contributed by atoms with E-state index >= 15 is 0 Å². The summed E-state index contributed by atoms with van der Waals surface area (Å²) in [6.45, 7) is 4.82. The largest absolute Gasteiger partial charge is 0.478 e. The molecule has 1 rings (SSSR count). The molecular weight excluding hydrogens is 320 g/mol. The molecule has 0 bridgehead atoms. The Kier molecular flexibility index (Phi) is 6.48. The molecule has 9 nitrogen and oxygen atoms in total. The summed E-state index contributed by atoms with van der Waals surface area (Å²) in [7, 11) is 0. The first kappa shape index (κ1) is 18.7. The maximum absolute atomic E-state index is 11.7. The number of aromatic carboxylic acids is 2. The van der Waals surface area contributed by atoms with Crippen molar-refractivity contribution >= 4 is 29.6 Å². The highest BCUT2D eigenvalue weighted by atomic mass is 16.5. The molecule has 1 aromatic rings. The maximum atomic E-state index is 11.7. The van der Waals surface area contributed by atoms with Crippen LogP contribution in [-0.4, -0.2) is 47.3 Å². The van der Waals surface area contributed by atoms with E-state index in [0.29, 0.717) is 0 Å². The van der Waals surface area contributed by atoms with Gasteiger partial charge in [-0.2, -0.15) is 0 Å². The van der Waals surface area contributed by atoms with Gasteiger partial charge in [0.1, 0.15) is 6.61 Å². The van der Waals surface area contributed by atoms with E-state index in [1.807, 2.05) is 0 Å². The molecule has 1 aromatic carbocycles. The number of carbonyl (C=O) groups excluding carboxylic acids is 2. The van der Waals surface area contributed by atoms with Crippen LogP contribution in [0.25, 0.3) is 0 Å². The van der Waals surface area contributed by atoms with Crippen LogP contribution < -0.4 is 10.6 Å². The zero-order valence-corrected chi connectivity index (χ0v) is 12.8. The molecule has 0 saturated carbocycles. The number of benzene rings is 1. The quantitative estimate of drug-likeness (QED) is 0.334. The van der Waals surface area contributed by atoms with Crippen LogP contribution in [0.3, 0.4) is 0 Å². The molecule has 0 saturated heterocycles. The van der Waals surface area contributed by atoms with Crippen LogP contribution in [0.15, 0.2) is 30.4 Å². The summed E-state index contributed by atoms with van der Waals surface area (Å²) in [6, 6.07) is 2.51. The van der Waals surface area contributed by atoms with Crippen LogP contribution in [0, 0.1) is 0 Å². The van der Waals surface area contributed by atoms with Crippen molar-refractivity contribution in [3.63, 3.8) is 0 Å². The second-order valence-corrected chi connectivity index (χ2v) is 4.71. The lowest BCUT2D eigenvalue weighted by Gasteiger charge is -2.10. The molecule has 0 aliphatic rings. The van der Waals surface area contributed by atoms with E-state index in [1.165, 1.54) is 6.92 Å². The third-order valence-corrected chi connectivity index (χ3v) is 2.65. The normalized spacial score (nSPS) is 9.71. The summed E-state index contributed by atoms with van der Waals surface area (Å²) < 4.78 is 4.77. The fourth-order valence-electron chi connectivity index (χ4n) is 1.55. The minimum Gasteiger partial charge on any atom is -0.478 e. The van der Waals surface area contributed by atoms with Gasteiger partial charge in [-0.1, -0.05) is 6.58 Å². The number of hydrogen-bond acceptors (Lipinski definition) is 5. The van der Waals surface area contributed by atoms with Gasteiger partial charge < -0.3 is 25.6 Å². The Balaban J connectivity index is 2.63. The van der Waals surface area contributed by atoms with E-state index in [2.05, 4.69) is 17.2 Å². The lowest BCUT2D eigenvalue weighted by atomic mass is 10.1. The van der Waals surface area contributed by atoms with E-state index in [1.54, 1.807) is 0 Å². The standard InChI is InChI=1S/C15H16N2O7/c1-8(2)14(22)24-4-3-16-15(23)17-11-6-9(12(18)19)5-10(7-11)13(20)21/h5-7H,1,3-4H2,2H3,(H,18,19)(H,20,21)(H2,16,17,23). The molecule has 0 radical (unpaired) electrons. The van der Waals surface area contributed by atoms with E-state index < -0.39 is 23.9 Å². The van der Waals surface area contributed by atoms with Crippen LogP contribution in [-0.2, 0) is 9.53 Å². The second-order valence-electron chi connectivity index (χ2n) is 4.71. The first-order valence-corrected chi connectivity index (χ1v) is 6.70. The maximum Gasteiger partial charge on any atom is 0.335 e. The monoisotopic (exact) mass is 336 g/mol. The summed E-state index contributed by atoms with van der Waals surface area (Å²) in [5.74, 6) is -3.24.